The van der Waals surface area contributed by atoms with Crippen molar-refractivity contribution in [1.29, 1.82) is 0 Å². The zero-order chi connectivity index (χ0) is 43.9. The Labute approximate surface area is 347 Å². The molecule has 16 heteroatoms. The average molecular weight is 861 g/mol. The lowest BCUT2D eigenvalue weighted by Crippen LogP contribution is -2.67. The lowest BCUT2D eigenvalue weighted by atomic mass is 10.1. The summed E-state index contributed by atoms with van der Waals surface area (Å²) in [6, 6.07) is 2.63. The van der Waals surface area contributed by atoms with E-state index in [0.717, 1.165) is 0 Å². The second kappa shape index (κ2) is 19.8. The van der Waals surface area contributed by atoms with Crippen molar-refractivity contribution in [3.05, 3.63) is 0 Å². The van der Waals surface area contributed by atoms with E-state index < -0.39 is 34.2 Å². The zero-order valence-electron chi connectivity index (χ0n) is 39.5. The molecule has 0 unspecified atom stereocenters. The van der Waals surface area contributed by atoms with Gasteiger partial charge in [-0.25, -0.2) is 0 Å². The van der Waals surface area contributed by atoms with Crippen molar-refractivity contribution < 1.29 is 35.6 Å². The number of carbonyl (C=O) groups excluding carboxylic acids is 4. The van der Waals surface area contributed by atoms with E-state index in [-0.39, 0.29) is 45.8 Å². The Balaban J connectivity index is 3.73. The molecule has 0 N–H and O–H groups in total. The molecule has 0 radical (unpaired) electrons. The number of hydrogen-bond donors (Lipinski definition) is 0. The van der Waals surface area contributed by atoms with Crippen molar-refractivity contribution in [1.82, 2.24) is 19.6 Å². The summed E-state index contributed by atoms with van der Waals surface area (Å²) in [7, 11) is -12.1. The van der Waals surface area contributed by atoms with Crippen LogP contribution in [0.3, 0.4) is 0 Å². The third kappa shape index (κ3) is 17.1. The molecular formula is C40H84N4O8Si4. The molecule has 0 aromatic carbocycles. The third-order valence-corrected chi connectivity index (χ3v) is 29.4. The van der Waals surface area contributed by atoms with Gasteiger partial charge in [0.05, 0.1) is 0 Å². The van der Waals surface area contributed by atoms with E-state index in [1.807, 2.05) is 19.6 Å². The van der Waals surface area contributed by atoms with Gasteiger partial charge in [0.25, 0.3) is 0 Å². The largest absolute Gasteiger partial charge is 0.416 e. The van der Waals surface area contributed by atoms with Crippen LogP contribution in [0.2, 0.25) is 50.4 Å². The molecule has 0 saturated carbocycles. The topological polar surface area (TPSA) is 118 Å². The van der Waals surface area contributed by atoms with Gasteiger partial charge < -0.3 is 36.1 Å². The number of carbonyl (C=O) groups is 4. The number of nitrogens with zero attached hydrogens (tertiary/aromatic N) is 4. The summed E-state index contributed by atoms with van der Waals surface area (Å²) in [6.07, 6.45) is 2.84. The van der Waals surface area contributed by atoms with Crippen LogP contribution in [0, 0.1) is 0 Å². The van der Waals surface area contributed by atoms with Gasteiger partial charge in [-0.15, -0.1) is 0 Å². The smallest absolute Gasteiger partial charge is 0.317 e. The van der Waals surface area contributed by atoms with E-state index in [1.165, 1.54) is 0 Å². The minimum Gasteiger partial charge on any atom is -0.416 e. The fourth-order valence-corrected chi connectivity index (χ4v) is 31.7. The van der Waals surface area contributed by atoms with Gasteiger partial charge in [-0.1, -0.05) is 0 Å². The molecule has 0 aliphatic carbocycles. The van der Waals surface area contributed by atoms with Crippen LogP contribution < -0.4 is 0 Å². The molecular weight excluding hydrogens is 777 g/mol. The van der Waals surface area contributed by atoms with Gasteiger partial charge in [0.2, 0.25) is 23.6 Å². The van der Waals surface area contributed by atoms with E-state index in [1.54, 1.807) is 27.7 Å². The maximum atomic E-state index is 12.7. The van der Waals surface area contributed by atoms with E-state index in [0.29, 0.717) is 76.0 Å². The Morgan fingerprint density at radius 2 is 0.500 bits per heavy atom. The summed E-state index contributed by atoms with van der Waals surface area (Å²) in [5.41, 5.74) is -1.28. The van der Waals surface area contributed by atoms with Gasteiger partial charge >= 0.3 is 34.2 Å². The van der Waals surface area contributed by atoms with Gasteiger partial charge in [0, 0.05) is 76.0 Å². The predicted octanol–water partition coefficient (Wildman–Crippen LogP) is 8.50. The van der Waals surface area contributed by atoms with Crippen molar-refractivity contribution in [3.8, 4) is 0 Å². The van der Waals surface area contributed by atoms with Crippen LogP contribution in [-0.2, 0) is 35.6 Å². The van der Waals surface area contributed by atoms with Crippen LogP contribution in [0.15, 0.2) is 0 Å². The molecule has 1 heterocycles. The highest BCUT2D eigenvalue weighted by Crippen LogP contribution is 2.39. The normalized spacial score (nSPS) is 25.2. The molecule has 4 amide bonds. The Bertz CT molecular complexity index is 1130. The lowest BCUT2D eigenvalue weighted by Gasteiger charge is -2.51. The SMILES string of the molecule is CC(=O)N(CCC[Si]1(C)O[Si](C)(CCCN(C(C)=O)C(C)(C)C)O[Si](C)(CCCN(C(C)=O)C(C)(C)C)O[Si](C)(CCCN(C(C)=O)C(C)(C)C)O1)C(C)(C)C. The number of rotatable bonds is 16. The molecule has 1 aliphatic rings. The van der Waals surface area contributed by atoms with Gasteiger partial charge in [0.1, 0.15) is 0 Å². The van der Waals surface area contributed by atoms with Crippen LogP contribution in [0.25, 0.3) is 0 Å². The second-order valence-electron chi connectivity index (χ2n) is 20.7. The summed E-state index contributed by atoms with van der Waals surface area (Å²) < 4.78 is 29.8. The van der Waals surface area contributed by atoms with Crippen molar-refractivity contribution in [2.24, 2.45) is 0 Å². The Kier molecular flexibility index (Phi) is 18.6. The molecule has 328 valence electrons. The summed E-state index contributed by atoms with van der Waals surface area (Å²) in [5.74, 6) is 0.142. The molecule has 1 saturated heterocycles. The standard InChI is InChI=1S/C40H84N4O8Si4/c1-33(45)41(37(5,6)7)25-21-29-53(17)49-54(18,30-22-26-42(34(2)46)38(8,9)10)51-56(20,32-24-28-44(36(4)48)40(14,15)16)52-55(19,50-53)31-23-27-43(35(3)47)39(11,12)13/h21-32H2,1-20H3. The molecule has 0 spiro atoms. The highest BCUT2D eigenvalue weighted by atomic mass is 28.5. The van der Waals surface area contributed by atoms with Crippen LogP contribution >= 0.6 is 0 Å². The summed E-state index contributed by atoms with van der Waals surface area (Å²) in [5, 5.41) is 0. The molecule has 0 aromatic rings. The monoisotopic (exact) mass is 861 g/mol. The summed E-state index contributed by atoms with van der Waals surface area (Å²) in [4.78, 5) is 58.5. The molecule has 0 atom stereocenters. The minimum absolute atomic E-state index is 0.0354. The van der Waals surface area contributed by atoms with Crippen molar-refractivity contribution >= 4 is 57.9 Å². The summed E-state index contributed by atoms with van der Waals surface area (Å²) in [6.45, 7) is 42.0. The van der Waals surface area contributed by atoms with Crippen molar-refractivity contribution in [2.45, 2.75) is 209 Å². The Morgan fingerprint density at radius 3 is 0.607 bits per heavy atom. The van der Waals surface area contributed by atoms with Crippen LogP contribution in [0.5, 0.6) is 0 Å². The minimum atomic E-state index is -3.03. The quantitative estimate of drug-likeness (QED) is 0.142. The Morgan fingerprint density at radius 1 is 0.357 bits per heavy atom. The average Bonchev–Trinajstić information content (AvgIpc) is 2.93. The second-order valence-corrected chi connectivity index (χ2v) is 35.1. The first-order valence-electron chi connectivity index (χ1n) is 20.9. The molecule has 12 nitrogen and oxygen atoms in total. The van der Waals surface area contributed by atoms with Gasteiger partial charge in [-0.3, -0.25) is 19.2 Å². The molecule has 1 fully saturated rings. The van der Waals surface area contributed by atoms with Crippen molar-refractivity contribution in [3.63, 3.8) is 0 Å². The first-order chi connectivity index (χ1) is 25.0. The van der Waals surface area contributed by atoms with Gasteiger partial charge in [-0.05, 0) is 159 Å². The Hall–Kier alpha value is -1.41. The third-order valence-electron chi connectivity index (χ3n) is 10.5. The predicted molar refractivity (Wildman–Crippen MR) is 237 cm³/mol. The fourth-order valence-electron chi connectivity index (χ4n) is 8.41. The molecule has 0 bridgehead atoms. The molecule has 1 rings (SSSR count). The van der Waals surface area contributed by atoms with Gasteiger partial charge in [0.15, 0.2) is 0 Å². The number of hydrogen-bond acceptors (Lipinski definition) is 8. The van der Waals surface area contributed by atoms with Crippen LogP contribution in [0.4, 0.5) is 0 Å². The fraction of sp³-hybridized carbons (Fsp3) is 0.900. The van der Waals surface area contributed by atoms with Gasteiger partial charge in [-0.2, -0.15) is 0 Å². The maximum Gasteiger partial charge on any atom is 0.317 e. The van der Waals surface area contributed by atoms with Crippen LogP contribution in [-0.4, -0.2) is 126 Å². The molecule has 1 aliphatic heterocycles. The lowest BCUT2D eigenvalue weighted by molar-refractivity contribution is -0.134. The number of amides is 4. The highest BCUT2D eigenvalue weighted by molar-refractivity contribution is 6.93. The zero-order valence-corrected chi connectivity index (χ0v) is 43.5. The first-order valence-corrected chi connectivity index (χ1v) is 31.0. The summed E-state index contributed by atoms with van der Waals surface area (Å²) >= 11 is 0. The van der Waals surface area contributed by atoms with E-state index in [2.05, 4.69) is 109 Å². The van der Waals surface area contributed by atoms with E-state index in [9.17, 15) is 19.2 Å². The molecule has 0 aromatic heterocycles. The first kappa shape index (κ1) is 52.6. The van der Waals surface area contributed by atoms with Crippen molar-refractivity contribution in [2.75, 3.05) is 26.2 Å². The van der Waals surface area contributed by atoms with E-state index >= 15 is 0 Å². The molecule has 56 heavy (non-hydrogen) atoms. The maximum absolute atomic E-state index is 12.7. The highest BCUT2D eigenvalue weighted by Gasteiger charge is 2.56. The van der Waals surface area contributed by atoms with E-state index in [4.69, 9.17) is 16.5 Å². The van der Waals surface area contributed by atoms with Crippen LogP contribution in [0.1, 0.15) is 136 Å².